The Hall–Kier alpha value is -2.34. The first kappa shape index (κ1) is 23.8. The molecule has 0 radical (unpaired) electrons. The van der Waals surface area contributed by atoms with Gasteiger partial charge in [-0.2, -0.15) is 0 Å². The summed E-state index contributed by atoms with van der Waals surface area (Å²) >= 11 is 0. The molecule has 0 spiro atoms. The Morgan fingerprint density at radius 3 is 2.79 bits per heavy atom. The molecule has 5 heteroatoms. The molecule has 2 aliphatic rings. The van der Waals surface area contributed by atoms with Gasteiger partial charge in [-0.3, -0.25) is 0 Å². The monoisotopic (exact) mass is 450 g/mol. The molecule has 0 bridgehead atoms. The first-order chi connectivity index (χ1) is 16.1. The average Bonchev–Trinajstić information content (AvgIpc) is 3.23. The lowest BCUT2D eigenvalue weighted by atomic mass is 10.0. The molecule has 2 aromatic rings. The predicted octanol–water partition coefficient (Wildman–Crippen LogP) is 4.74. The predicted molar refractivity (Wildman–Crippen MR) is 135 cm³/mol. The molecule has 0 saturated carbocycles. The van der Waals surface area contributed by atoms with Crippen molar-refractivity contribution in [2.45, 2.75) is 57.5 Å². The third-order valence-corrected chi connectivity index (χ3v) is 6.75. The molecule has 0 amide bonds. The number of anilines is 1. The zero-order valence-electron chi connectivity index (χ0n) is 20.0. The molecule has 4 rings (SSSR count). The lowest BCUT2D eigenvalue weighted by Crippen LogP contribution is -2.43. The van der Waals surface area contributed by atoms with Crippen LogP contribution in [0.15, 0.2) is 54.6 Å². The standard InChI is InChI=1S/C28H38N2O3/c1-22-20-25(21-28(31)33-22)29(2)16-7-19-32-26-13-11-23(12-14-26)8-5-6-17-30-18-15-24-9-3-4-10-27(24)30/h3-5,8-14,22,25,28,31H,6-7,15-21H2,1-2H3/b8-5-. The number of nitrogens with zero attached hydrogens (tertiary/aromatic N) is 2. The molecule has 1 fully saturated rings. The minimum absolute atomic E-state index is 0.113. The summed E-state index contributed by atoms with van der Waals surface area (Å²) in [7, 11) is 2.12. The van der Waals surface area contributed by atoms with Crippen molar-refractivity contribution in [3.05, 3.63) is 65.7 Å². The van der Waals surface area contributed by atoms with Crippen LogP contribution in [0.4, 0.5) is 5.69 Å². The highest BCUT2D eigenvalue weighted by Gasteiger charge is 2.28. The second-order valence-corrected chi connectivity index (χ2v) is 9.34. The fourth-order valence-corrected chi connectivity index (χ4v) is 4.90. The van der Waals surface area contributed by atoms with Gasteiger partial charge >= 0.3 is 0 Å². The van der Waals surface area contributed by atoms with Crippen molar-refractivity contribution in [2.75, 3.05) is 38.2 Å². The Labute approximate surface area is 198 Å². The second kappa shape index (κ2) is 11.7. The van der Waals surface area contributed by atoms with Gasteiger partial charge in [0.05, 0.1) is 12.7 Å². The summed E-state index contributed by atoms with van der Waals surface area (Å²) in [5.74, 6) is 0.915. The van der Waals surface area contributed by atoms with E-state index in [2.05, 4.69) is 77.5 Å². The van der Waals surface area contributed by atoms with Crippen LogP contribution in [0.3, 0.4) is 0 Å². The fraction of sp³-hybridized carbons (Fsp3) is 0.500. The largest absolute Gasteiger partial charge is 0.494 e. The van der Waals surface area contributed by atoms with Gasteiger partial charge in [-0.25, -0.2) is 0 Å². The fourth-order valence-electron chi connectivity index (χ4n) is 4.90. The molecule has 2 aromatic carbocycles. The zero-order chi connectivity index (χ0) is 23.0. The highest BCUT2D eigenvalue weighted by molar-refractivity contribution is 5.58. The Bertz CT molecular complexity index is 888. The van der Waals surface area contributed by atoms with Crippen molar-refractivity contribution in [2.24, 2.45) is 0 Å². The first-order valence-electron chi connectivity index (χ1n) is 12.3. The van der Waals surface area contributed by atoms with Crippen molar-refractivity contribution in [3.8, 4) is 5.75 Å². The number of aliphatic hydroxyl groups excluding tert-OH is 1. The molecule has 3 unspecified atom stereocenters. The maximum absolute atomic E-state index is 9.81. The summed E-state index contributed by atoms with van der Waals surface area (Å²) in [6, 6.07) is 17.5. The van der Waals surface area contributed by atoms with E-state index < -0.39 is 6.29 Å². The third-order valence-electron chi connectivity index (χ3n) is 6.75. The Kier molecular flexibility index (Phi) is 8.43. The van der Waals surface area contributed by atoms with Crippen LogP contribution in [0.1, 0.15) is 43.7 Å². The highest BCUT2D eigenvalue weighted by atomic mass is 16.6. The maximum atomic E-state index is 9.81. The van der Waals surface area contributed by atoms with Crippen molar-refractivity contribution in [1.29, 1.82) is 0 Å². The molecule has 1 saturated heterocycles. The van der Waals surface area contributed by atoms with E-state index in [0.717, 1.165) is 51.1 Å². The molecule has 0 aliphatic carbocycles. The van der Waals surface area contributed by atoms with E-state index in [-0.39, 0.29) is 6.10 Å². The molecule has 0 aromatic heterocycles. The van der Waals surface area contributed by atoms with Gasteiger partial charge in [-0.1, -0.05) is 42.5 Å². The van der Waals surface area contributed by atoms with Crippen LogP contribution in [-0.4, -0.2) is 61.7 Å². The summed E-state index contributed by atoms with van der Waals surface area (Å²) in [6.07, 6.45) is 8.75. The molecule has 33 heavy (non-hydrogen) atoms. The summed E-state index contributed by atoms with van der Waals surface area (Å²) in [6.45, 7) is 5.86. The van der Waals surface area contributed by atoms with Gasteiger partial charge in [0, 0.05) is 37.8 Å². The number of benzene rings is 2. The van der Waals surface area contributed by atoms with E-state index >= 15 is 0 Å². The number of para-hydroxylation sites is 1. The van der Waals surface area contributed by atoms with E-state index in [1.54, 1.807) is 0 Å². The minimum Gasteiger partial charge on any atom is -0.494 e. The Balaban J connectivity index is 1.13. The van der Waals surface area contributed by atoms with E-state index in [1.807, 2.05) is 6.92 Å². The first-order valence-corrected chi connectivity index (χ1v) is 12.3. The van der Waals surface area contributed by atoms with Gasteiger partial charge in [-0.05, 0) is 69.0 Å². The van der Waals surface area contributed by atoms with Crippen molar-refractivity contribution < 1.29 is 14.6 Å². The number of aliphatic hydroxyl groups is 1. The smallest absolute Gasteiger partial charge is 0.156 e. The molecule has 2 aliphatic heterocycles. The molecule has 1 N–H and O–H groups in total. The quantitative estimate of drug-likeness (QED) is 0.530. The van der Waals surface area contributed by atoms with Gasteiger partial charge in [0.25, 0.3) is 0 Å². The topological polar surface area (TPSA) is 45.2 Å². The summed E-state index contributed by atoms with van der Waals surface area (Å²) in [4.78, 5) is 4.80. The molecule has 5 nitrogen and oxygen atoms in total. The number of ether oxygens (including phenoxy) is 2. The molecule has 3 atom stereocenters. The van der Waals surface area contributed by atoms with Gasteiger partial charge in [0.2, 0.25) is 0 Å². The zero-order valence-corrected chi connectivity index (χ0v) is 20.0. The van der Waals surface area contributed by atoms with E-state index in [9.17, 15) is 5.11 Å². The number of hydrogen-bond acceptors (Lipinski definition) is 5. The molecular weight excluding hydrogens is 412 g/mol. The second-order valence-electron chi connectivity index (χ2n) is 9.34. The Morgan fingerprint density at radius 1 is 1.15 bits per heavy atom. The molecule has 2 heterocycles. The summed E-state index contributed by atoms with van der Waals surface area (Å²) in [5.41, 5.74) is 4.08. The number of fused-ring (bicyclic) bond motifs is 1. The van der Waals surface area contributed by atoms with Crippen LogP contribution >= 0.6 is 0 Å². The van der Waals surface area contributed by atoms with E-state index in [0.29, 0.717) is 19.1 Å². The van der Waals surface area contributed by atoms with Crippen LogP contribution in [0.2, 0.25) is 0 Å². The normalized spacial score (nSPS) is 22.8. The summed E-state index contributed by atoms with van der Waals surface area (Å²) in [5, 5.41) is 9.81. The summed E-state index contributed by atoms with van der Waals surface area (Å²) < 4.78 is 11.4. The van der Waals surface area contributed by atoms with Crippen LogP contribution in [0, 0.1) is 0 Å². The van der Waals surface area contributed by atoms with Crippen molar-refractivity contribution >= 4 is 11.8 Å². The van der Waals surface area contributed by atoms with Crippen LogP contribution in [0.25, 0.3) is 6.08 Å². The van der Waals surface area contributed by atoms with Gasteiger partial charge in [0.15, 0.2) is 6.29 Å². The molecular formula is C28H38N2O3. The third kappa shape index (κ3) is 6.83. The van der Waals surface area contributed by atoms with Crippen LogP contribution in [-0.2, 0) is 11.2 Å². The lowest BCUT2D eigenvalue weighted by molar-refractivity contribution is -0.173. The van der Waals surface area contributed by atoms with Gasteiger partial charge in [0.1, 0.15) is 5.75 Å². The van der Waals surface area contributed by atoms with E-state index in [1.165, 1.54) is 16.8 Å². The van der Waals surface area contributed by atoms with Crippen molar-refractivity contribution in [3.63, 3.8) is 0 Å². The van der Waals surface area contributed by atoms with Crippen molar-refractivity contribution in [1.82, 2.24) is 4.90 Å². The minimum atomic E-state index is -0.637. The van der Waals surface area contributed by atoms with Gasteiger partial charge < -0.3 is 24.4 Å². The van der Waals surface area contributed by atoms with Gasteiger partial charge in [-0.15, -0.1) is 0 Å². The number of rotatable bonds is 10. The SMILES string of the molecule is CC1CC(N(C)CCCOc2ccc(/C=C\CCN3CCc4ccccc43)cc2)CC(O)O1. The number of hydrogen-bond donors (Lipinski definition) is 1. The average molecular weight is 451 g/mol. The Morgan fingerprint density at radius 2 is 1.97 bits per heavy atom. The highest BCUT2D eigenvalue weighted by Crippen LogP contribution is 2.27. The van der Waals surface area contributed by atoms with Crippen LogP contribution in [0.5, 0.6) is 5.75 Å². The lowest BCUT2D eigenvalue weighted by Gasteiger charge is -2.36. The van der Waals surface area contributed by atoms with Crippen LogP contribution < -0.4 is 9.64 Å². The maximum Gasteiger partial charge on any atom is 0.156 e. The van der Waals surface area contributed by atoms with E-state index in [4.69, 9.17) is 9.47 Å². The molecule has 178 valence electrons.